The highest BCUT2D eigenvalue weighted by molar-refractivity contribution is 6.30. The van der Waals surface area contributed by atoms with Gasteiger partial charge in [-0.2, -0.15) is 0 Å². The SMILES string of the molecule is CCc1cc2nc3c(=O)[nH]c(=O)cc-3n(CCC(C)c3cccc(Cl)c3)c2cc1C. The summed E-state index contributed by atoms with van der Waals surface area (Å²) in [5, 5.41) is 0.720. The maximum atomic E-state index is 12.5. The largest absolute Gasteiger partial charge is 0.338 e. The van der Waals surface area contributed by atoms with E-state index in [9.17, 15) is 9.59 Å². The maximum absolute atomic E-state index is 12.5. The Morgan fingerprint density at radius 3 is 2.70 bits per heavy atom. The first-order valence-corrected chi connectivity index (χ1v) is 10.6. The number of fused-ring (bicyclic) bond motifs is 2. The minimum atomic E-state index is -0.449. The van der Waals surface area contributed by atoms with Crippen LogP contribution in [0.2, 0.25) is 5.02 Å². The van der Waals surface area contributed by atoms with E-state index in [2.05, 4.69) is 47.4 Å². The number of H-pyrrole nitrogens is 1. The molecule has 4 rings (SSSR count). The van der Waals surface area contributed by atoms with Gasteiger partial charge in [-0.05, 0) is 66.6 Å². The van der Waals surface area contributed by atoms with E-state index in [0.717, 1.165) is 34.5 Å². The van der Waals surface area contributed by atoms with Crippen molar-refractivity contribution in [3.05, 3.63) is 84.9 Å². The van der Waals surface area contributed by atoms with Crippen molar-refractivity contribution in [1.29, 1.82) is 0 Å². The van der Waals surface area contributed by atoms with Crippen LogP contribution in [-0.2, 0) is 13.0 Å². The Labute approximate surface area is 179 Å². The van der Waals surface area contributed by atoms with Crippen molar-refractivity contribution in [3.63, 3.8) is 0 Å². The first kappa shape index (κ1) is 20.4. The number of aryl methyl sites for hydroxylation is 3. The molecular formula is C24H24ClN3O2. The maximum Gasteiger partial charge on any atom is 0.278 e. The number of benzene rings is 2. The van der Waals surface area contributed by atoms with E-state index in [4.69, 9.17) is 11.6 Å². The van der Waals surface area contributed by atoms with E-state index in [-0.39, 0.29) is 5.92 Å². The zero-order valence-electron chi connectivity index (χ0n) is 17.3. The molecule has 154 valence electrons. The summed E-state index contributed by atoms with van der Waals surface area (Å²) in [6.07, 6.45) is 1.72. The van der Waals surface area contributed by atoms with Gasteiger partial charge in [-0.25, -0.2) is 4.98 Å². The number of nitrogens with one attached hydrogen (secondary N) is 1. The van der Waals surface area contributed by atoms with Crippen LogP contribution in [0.25, 0.3) is 22.4 Å². The molecule has 5 nitrogen and oxygen atoms in total. The van der Waals surface area contributed by atoms with Gasteiger partial charge in [-0.1, -0.05) is 37.6 Å². The summed E-state index contributed by atoms with van der Waals surface area (Å²) in [6.45, 7) is 6.99. The Morgan fingerprint density at radius 2 is 1.97 bits per heavy atom. The highest BCUT2D eigenvalue weighted by Gasteiger charge is 2.18. The van der Waals surface area contributed by atoms with E-state index < -0.39 is 11.1 Å². The van der Waals surface area contributed by atoms with Gasteiger partial charge in [0.15, 0.2) is 5.69 Å². The topological polar surface area (TPSA) is 67.8 Å². The zero-order valence-corrected chi connectivity index (χ0v) is 18.1. The molecule has 2 aromatic rings. The summed E-state index contributed by atoms with van der Waals surface area (Å²) < 4.78 is 2.06. The Hall–Kier alpha value is -2.92. The summed E-state index contributed by atoms with van der Waals surface area (Å²) in [4.78, 5) is 31.5. The summed E-state index contributed by atoms with van der Waals surface area (Å²) in [6, 6.07) is 13.5. The first-order chi connectivity index (χ1) is 14.4. The molecule has 2 aromatic carbocycles. The second kappa shape index (κ2) is 8.07. The predicted molar refractivity (Wildman–Crippen MR) is 122 cm³/mol. The Bertz CT molecular complexity index is 1320. The molecule has 1 N–H and O–H groups in total. The molecule has 2 aliphatic rings. The molecule has 0 saturated carbocycles. The summed E-state index contributed by atoms with van der Waals surface area (Å²) in [5.74, 6) is 0.263. The molecule has 6 heteroatoms. The fourth-order valence-corrected chi connectivity index (χ4v) is 4.23. The van der Waals surface area contributed by atoms with E-state index in [1.165, 1.54) is 17.2 Å². The van der Waals surface area contributed by atoms with Crippen LogP contribution in [-0.4, -0.2) is 14.5 Å². The molecule has 0 fully saturated rings. The van der Waals surface area contributed by atoms with Gasteiger partial charge in [0.25, 0.3) is 11.1 Å². The smallest absolute Gasteiger partial charge is 0.278 e. The van der Waals surface area contributed by atoms with E-state index in [1.54, 1.807) is 0 Å². The van der Waals surface area contributed by atoms with Gasteiger partial charge >= 0.3 is 0 Å². The molecule has 0 bridgehead atoms. The van der Waals surface area contributed by atoms with Gasteiger partial charge in [-0.3, -0.25) is 14.6 Å². The lowest BCUT2D eigenvalue weighted by molar-refractivity contribution is 0.587. The summed E-state index contributed by atoms with van der Waals surface area (Å²) in [7, 11) is 0. The van der Waals surface area contributed by atoms with E-state index in [1.807, 2.05) is 24.3 Å². The Morgan fingerprint density at radius 1 is 1.17 bits per heavy atom. The third-order valence-electron chi connectivity index (χ3n) is 5.79. The zero-order chi connectivity index (χ0) is 21.4. The lowest BCUT2D eigenvalue weighted by Gasteiger charge is -2.21. The highest BCUT2D eigenvalue weighted by Crippen LogP contribution is 2.28. The average molecular weight is 422 g/mol. The molecule has 0 aromatic heterocycles. The molecular weight excluding hydrogens is 398 g/mol. The number of halogens is 1. The molecule has 0 radical (unpaired) electrons. The number of aromatic nitrogens is 3. The summed E-state index contributed by atoms with van der Waals surface area (Å²) >= 11 is 6.16. The lowest BCUT2D eigenvalue weighted by Crippen LogP contribution is -2.25. The molecule has 1 atom stereocenters. The van der Waals surface area contributed by atoms with Gasteiger partial charge in [-0.15, -0.1) is 0 Å². The standard InChI is InChI=1S/C24H24ClN3O2/c1-4-16-12-19-20(10-15(16)3)28(21-13-22(29)27-24(30)23(21)26-19)9-8-14(2)17-6-5-7-18(25)11-17/h5-7,10-14H,4,8-9H2,1-3H3,(H,27,29,30). The van der Waals surface area contributed by atoms with Crippen molar-refractivity contribution in [2.45, 2.75) is 46.1 Å². The monoisotopic (exact) mass is 421 g/mol. The van der Waals surface area contributed by atoms with Crippen molar-refractivity contribution in [3.8, 4) is 11.4 Å². The van der Waals surface area contributed by atoms with Gasteiger partial charge in [0.1, 0.15) is 0 Å². The van der Waals surface area contributed by atoms with Crippen LogP contribution in [0, 0.1) is 6.92 Å². The van der Waals surface area contributed by atoms with Crippen molar-refractivity contribution in [2.75, 3.05) is 0 Å². The minimum Gasteiger partial charge on any atom is -0.338 e. The van der Waals surface area contributed by atoms with Crippen molar-refractivity contribution in [2.24, 2.45) is 0 Å². The normalized spacial score (nSPS) is 12.5. The van der Waals surface area contributed by atoms with Gasteiger partial charge < -0.3 is 4.57 Å². The molecule has 0 saturated heterocycles. The first-order valence-electron chi connectivity index (χ1n) is 10.2. The Kier molecular flexibility index (Phi) is 5.48. The third-order valence-corrected chi connectivity index (χ3v) is 6.03. The van der Waals surface area contributed by atoms with Crippen molar-refractivity contribution in [1.82, 2.24) is 14.5 Å². The summed E-state index contributed by atoms with van der Waals surface area (Å²) in [5.41, 5.74) is 5.24. The number of hydrogen-bond acceptors (Lipinski definition) is 3. The molecule has 0 aliphatic carbocycles. The van der Waals surface area contributed by atoms with Crippen LogP contribution >= 0.6 is 11.6 Å². The number of hydrogen-bond donors (Lipinski definition) is 1. The van der Waals surface area contributed by atoms with Gasteiger partial charge in [0.2, 0.25) is 0 Å². The minimum absolute atomic E-state index is 0.263. The van der Waals surface area contributed by atoms with Crippen LogP contribution in [0.1, 0.15) is 42.9 Å². The van der Waals surface area contributed by atoms with Crippen LogP contribution in [0.15, 0.2) is 52.1 Å². The van der Waals surface area contributed by atoms with Crippen LogP contribution in [0.3, 0.4) is 0 Å². The fraction of sp³-hybridized carbons (Fsp3) is 0.292. The van der Waals surface area contributed by atoms with Gasteiger partial charge in [0.05, 0.1) is 16.7 Å². The Balaban J connectivity index is 1.86. The molecule has 2 heterocycles. The number of nitrogens with zero attached hydrogens (tertiary/aromatic N) is 2. The third kappa shape index (κ3) is 3.77. The fourth-order valence-electron chi connectivity index (χ4n) is 4.03. The van der Waals surface area contributed by atoms with Crippen LogP contribution in [0.4, 0.5) is 0 Å². The molecule has 30 heavy (non-hydrogen) atoms. The predicted octanol–water partition coefficient (Wildman–Crippen LogP) is 4.91. The molecule has 1 unspecified atom stereocenters. The second-order valence-corrected chi connectivity index (χ2v) is 8.26. The van der Waals surface area contributed by atoms with E-state index >= 15 is 0 Å². The second-order valence-electron chi connectivity index (χ2n) is 7.83. The van der Waals surface area contributed by atoms with Crippen LogP contribution < -0.4 is 11.1 Å². The number of pyridine rings is 1. The van der Waals surface area contributed by atoms with Gasteiger partial charge in [0, 0.05) is 17.6 Å². The van der Waals surface area contributed by atoms with Crippen LogP contribution in [0.5, 0.6) is 0 Å². The quantitative estimate of drug-likeness (QED) is 0.465. The van der Waals surface area contributed by atoms with Crippen molar-refractivity contribution >= 4 is 22.6 Å². The number of aromatic amines is 1. The lowest BCUT2D eigenvalue weighted by atomic mass is 9.97. The molecule has 2 aliphatic heterocycles. The number of rotatable bonds is 5. The molecule has 0 spiro atoms. The molecule has 0 amide bonds. The highest BCUT2D eigenvalue weighted by atomic mass is 35.5. The average Bonchev–Trinajstić information content (AvgIpc) is 2.71. The van der Waals surface area contributed by atoms with E-state index in [0.29, 0.717) is 17.9 Å². The van der Waals surface area contributed by atoms with Crippen molar-refractivity contribution < 1.29 is 0 Å².